The highest BCUT2D eigenvalue weighted by molar-refractivity contribution is 9.10. The first-order chi connectivity index (χ1) is 12.5. The van der Waals surface area contributed by atoms with Gasteiger partial charge in [-0.05, 0) is 50.8 Å². The number of rotatable bonds is 6. The number of ether oxygens (including phenoxy) is 2. The second-order valence-corrected chi connectivity index (χ2v) is 7.72. The Morgan fingerprint density at radius 3 is 2.77 bits per heavy atom. The first kappa shape index (κ1) is 19.0. The number of benzene rings is 1. The summed E-state index contributed by atoms with van der Waals surface area (Å²) in [6.07, 6.45) is 5.86. The monoisotopic (exact) mass is 421 g/mol. The minimum absolute atomic E-state index is 0.0269. The van der Waals surface area contributed by atoms with Crippen LogP contribution in [0, 0.1) is 0 Å². The quantitative estimate of drug-likeness (QED) is 0.770. The van der Waals surface area contributed by atoms with Crippen molar-refractivity contribution in [2.75, 3.05) is 6.61 Å². The number of carbonyl (C=O) groups excluding carboxylic acids is 1. The molecule has 1 atom stereocenters. The Labute approximate surface area is 161 Å². The molecule has 1 aliphatic rings. The van der Waals surface area contributed by atoms with Gasteiger partial charge in [-0.25, -0.2) is 4.98 Å². The average molecular weight is 422 g/mol. The lowest BCUT2D eigenvalue weighted by molar-refractivity contribution is -0.120. The van der Waals surface area contributed by atoms with Gasteiger partial charge in [-0.1, -0.05) is 15.9 Å². The Morgan fingerprint density at radius 1 is 1.31 bits per heavy atom. The van der Waals surface area contributed by atoms with Crippen molar-refractivity contribution in [3.8, 4) is 6.01 Å². The lowest BCUT2D eigenvalue weighted by Crippen LogP contribution is -2.37. The van der Waals surface area contributed by atoms with Crippen LogP contribution in [0.3, 0.4) is 0 Å². The molecule has 26 heavy (non-hydrogen) atoms. The van der Waals surface area contributed by atoms with E-state index in [0.29, 0.717) is 12.6 Å². The zero-order valence-electron chi connectivity index (χ0n) is 15.1. The highest BCUT2D eigenvalue weighted by Crippen LogP contribution is 2.25. The largest absolute Gasteiger partial charge is 0.460 e. The van der Waals surface area contributed by atoms with Crippen LogP contribution in [0.25, 0.3) is 10.9 Å². The van der Waals surface area contributed by atoms with Crippen molar-refractivity contribution in [2.24, 2.45) is 0 Å². The van der Waals surface area contributed by atoms with Crippen LogP contribution in [0.5, 0.6) is 6.01 Å². The molecule has 6 nitrogen and oxygen atoms in total. The lowest BCUT2D eigenvalue weighted by atomic mass is 9.95. The third-order valence-electron chi connectivity index (χ3n) is 4.44. The molecule has 1 aromatic heterocycles. The maximum atomic E-state index is 11.0. The summed E-state index contributed by atoms with van der Waals surface area (Å²) < 4.78 is 12.9. The number of nitrogens with zero attached hydrogens (tertiary/aromatic N) is 2. The first-order valence-electron chi connectivity index (χ1n) is 8.97. The number of fused-ring (bicyclic) bond motifs is 1. The van der Waals surface area contributed by atoms with E-state index in [1.807, 2.05) is 25.1 Å². The van der Waals surface area contributed by atoms with E-state index in [1.54, 1.807) is 6.20 Å². The summed E-state index contributed by atoms with van der Waals surface area (Å²) in [5.74, 6) is -0.0269. The molecule has 1 heterocycles. The molecule has 140 valence electrons. The fourth-order valence-electron chi connectivity index (χ4n) is 3.18. The van der Waals surface area contributed by atoms with Crippen molar-refractivity contribution in [3.63, 3.8) is 0 Å². The number of amides is 1. The van der Waals surface area contributed by atoms with Gasteiger partial charge in [0.15, 0.2) is 0 Å². The zero-order chi connectivity index (χ0) is 18.5. The summed E-state index contributed by atoms with van der Waals surface area (Å²) >= 11 is 3.45. The molecule has 1 aliphatic carbocycles. The van der Waals surface area contributed by atoms with Crippen LogP contribution in [0.1, 0.15) is 39.5 Å². The van der Waals surface area contributed by atoms with E-state index in [0.717, 1.165) is 41.1 Å². The molecule has 3 rings (SSSR count). The van der Waals surface area contributed by atoms with E-state index in [-0.39, 0.29) is 24.2 Å². The third kappa shape index (κ3) is 5.38. The fourth-order valence-corrected chi connectivity index (χ4v) is 3.56. The number of hydrogen-bond acceptors (Lipinski definition) is 5. The van der Waals surface area contributed by atoms with E-state index in [9.17, 15) is 4.79 Å². The summed E-state index contributed by atoms with van der Waals surface area (Å²) in [6.45, 7) is 4.01. The van der Waals surface area contributed by atoms with E-state index in [2.05, 4.69) is 31.2 Å². The highest BCUT2D eigenvalue weighted by Gasteiger charge is 2.24. The van der Waals surface area contributed by atoms with Crippen LogP contribution < -0.4 is 10.1 Å². The molecule has 1 N–H and O–H groups in total. The summed E-state index contributed by atoms with van der Waals surface area (Å²) in [4.78, 5) is 19.8. The maximum Gasteiger partial charge on any atom is 0.317 e. The second kappa shape index (κ2) is 8.77. The van der Waals surface area contributed by atoms with Gasteiger partial charge in [0.1, 0.15) is 6.10 Å². The van der Waals surface area contributed by atoms with Gasteiger partial charge in [0.05, 0.1) is 18.2 Å². The lowest BCUT2D eigenvalue weighted by Gasteiger charge is -2.29. The van der Waals surface area contributed by atoms with Crippen molar-refractivity contribution in [3.05, 3.63) is 28.9 Å². The molecule has 1 saturated carbocycles. The highest BCUT2D eigenvalue weighted by atomic mass is 79.9. The number of nitrogens with one attached hydrogen (secondary N) is 1. The number of carbonyl (C=O) groups is 1. The summed E-state index contributed by atoms with van der Waals surface area (Å²) in [5, 5.41) is 3.82. The van der Waals surface area contributed by atoms with Crippen molar-refractivity contribution in [1.82, 2.24) is 15.3 Å². The Bertz CT molecular complexity index is 763. The molecular formula is C19H24BrN3O3. The van der Waals surface area contributed by atoms with Gasteiger partial charge in [0.2, 0.25) is 5.91 Å². The molecular weight excluding hydrogens is 398 g/mol. The Morgan fingerprint density at radius 2 is 2.04 bits per heavy atom. The Hall–Kier alpha value is -1.73. The molecule has 0 saturated heterocycles. The molecule has 1 fully saturated rings. The molecule has 0 radical (unpaired) electrons. The topological polar surface area (TPSA) is 73.3 Å². The van der Waals surface area contributed by atoms with Gasteiger partial charge >= 0.3 is 6.01 Å². The molecule has 1 amide bonds. The minimum atomic E-state index is -0.0269. The molecule has 0 aliphatic heterocycles. The zero-order valence-corrected chi connectivity index (χ0v) is 16.7. The first-order valence-corrected chi connectivity index (χ1v) is 9.76. The van der Waals surface area contributed by atoms with Crippen LogP contribution in [0.15, 0.2) is 28.9 Å². The van der Waals surface area contributed by atoms with E-state index < -0.39 is 0 Å². The van der Waals surface area contributed by atoms with Crippen molar-refractivity contribution >= 4 is 32.7 Å². The molecule has 0 spiro atoms. The minimum Gasteiger partial charge on any atom is -0.460 e. The van der Waals surface area contributed by atoms with Gasteiger partial charge in [-0.15, -0.1) is 0 Å². The number of halogens is 1. The van der Waals surface area contributed by atoms with E-state index in [4.69, 9.17) is 9.47 Å². The van der Waals surface area contributed by atoms with Gasteiger partial charge in [0, 0.05) is 29.0 Å². The van der Waals surface area contributed by atoms with Gasteiger partial charge in [-0.2, -0.15) is 4.98 Å². The molecule has 1 aromatic carbocycles. The van der Waals surface area contributed by atoms with Gasteiger partial charge < -0.3 is 14.8 Å². The summed E-state index contributed by atoms with van der Waals surface area (Å²) in [5.41, 5.74) is 0.877. The van der Waals surface area contributed by atoms with Crippen LogP contribution in [-0.2, 0) is 9.53 Å². The Balaban J connectivity index is 1.46. The molecule has 2 aromatic rings. The fraction of sp³-hybridized carbons (Fsp3) is 0.526. The molecule has 7 heteroatoms. The number of hydrogen-bond donors (Lipinski definition) is 1. The molecule has 0 unspecified atom stereocenters. The predicted octanol–water partition coefficient (Wildman–Crippen LogP) is 3.62. The summed E-state index contributed by atoms with van der Waals surface area (Å²) in [6, 6.07) is 6.37. The third-order valence-corrected chi connectivity index (χ3v) is 4.94. The standard InChI is InChI=1S/C19H24BrN3O3/c1-12(22-13(2)24)11-25-16-4-6-17(7-5-16)26-19-21-10-14-9-15(20)3-8-18(14)23-19/h3,8-10,12,16-17H,4-7,11H2,1-2H3,(H,22,24)/t12-,16?,17?/m0/s1. The normalized spacial score (nSPS) is 21.3. The van der Waals surface area contributed by atoms with E-state index >= 15 is 0 Å². The van der Waals surface area contributed by atoms with Crippen molar-refractivity contribution < 1.29 is 14.3 Å². The molecule has 0 bridgehead atoms. The predicted molar refractivity (Wildman–Crippen MR) is 103 cm³/mol. The van der Waals surface area contributed by atoms with Crippen LogP contribution in [-0.4, -0.2) is 40.7 Å². The second-order valence-electron chi connectivity index (χ2n) is 6.81. The maximum absolute atomic E-state index is 11.0. The van der Waals surface area contributed by atoms with Crippen LogP contribution in [0.2, 0.25) is 0 Å². The number of aromatic nitrogens is 2. The SMILES string of the molecule is CC(=O)N[C@@H](C)COC1CCC(Oc2ncc3cc(Br)ccc3n2)CC1. The van der Waals surface area contributed by atoms with E-state index in [1.165, 1.54) is 6.92 Å². The Kier molecular flexibility index (Phi) is 6.43. The van der Waals surface area contributed by atoms with Crippen LogP contribution in [0.4, 0.5) is 0 Å². The average Bonchev–Trinajstić information content (AvgIpc) is 2.61. The van der Waals surface area contributed by atoms with Gasteiger partial charge in [0.25, 0.3) is 0 Å². The smallest absolute Gasteiger partial charge is 0.317 e. The summed E-state index contributed by atoms with van der Waals surface area (Å²) in [7, 11) is 0. The van der Waals surface area contributed by atoms with Crippen molar-refractivity contribution in [2.45, 2.75) is 57.8 Å². The van der Waals surface area contributed by atoms with Gasteiger partial charge in [-0.3, -0.25) is 4.79 Å². The van der Waals surface area contributed by atoms with Crippen molar-refractivity contribution in [1.29, 1.82) is 0 Å². The van der Waals surface area contributed by atoms with Crippen LogP contribution >= 0.6 is 15.9 Å².